The molecule has 0 aliphatic carbocycles. The molecule has 1 atom stereocenters. The molecule has 0 saturated heterocycles. The highest BCUT2D eigenvalue weighted by atomic mass is 79.9. The van der Waals surface area contributed by atoms with Crippen LogP contribution in [-0.2, 0) is 11.2 Å². The number of rotatable bonds is 4. The second-order valence-corrected chi connectivity index (χ2v) is 5.44. The second-order valence-electron chi connectivity index (χ2n) is 4.13. The number of carboxylic acid groups (broad SMARTS) is 1. The molecule has 2 aromatic rings. The van der Waals surface area contributed by atoms with Crippen molar-refractivity contribution in [3.05, 3.63) is 63.3 Å². The SMILES string of the molecule is O=C(O)C(Cc1ccnc(Cl)c1)c1ccc(Br)cc1. The Labute approximate surface area is 124 Å². The van der Waals surface area contributed by atoms with E-state index in [1.165, 1.54) is 0 Å². The van der Waals surface area contributed by atoms with E-state index in [4.69, 9.17) is 11.6 Å². The van der Waals surface area contributed by atoms with E-state index in [1.807, 2.05) is 24.3 Å². The molecule has 19 heavy (non-hydrogen) atoms. The zero-order chi connectivity index (χ0) is 13.8. The van der Waals surface area contributed by atoms with Gasteiger partial charge >= 0.3 is 5.97 Å². The maximum absolute atomic E-state index is 11.4. The third kappa shape index (κ3) is 3.78. The van der Waals surface area contributed by atoms with E-state index in [9.17, 15) is 9.90 Å². The first-order valence-corrected chi connectivity index (χ1v) is 6.82. The van der Waals surface area contributed by atoms with Crippen molar-refractivity contribution in [1.29, 1.82) is 0 Å². The van der Waals surface area contributed by atoms with Crippen LogP contribution in [-0.4, -0.2) is 16.1 Å². The first-order valence-electron chi connectivity index (χ1n) is 5.65. The molecule has 0 aliphatic heterocycles. The summed E-state index contributed by atoms with van der Waals surface area (Å²) in [7, 11) is 0. The predicted molar refractivity (Wildman–Crippen MR) is 77.5 cm³/mol. The zero-order valence-corrected chi connectivity index (χ0v) is 12.2. The summed E-state index contributed by atoms with van der Waals surface area (Å²) in [6, 6.07) is 10.8. The van der Waals surface area contributed by atoms with Gasteiger partial charge in [0.05, 0.1) is 5.92 Å². The van der Waals surface area contributed by atoms with Gasteiger partial charge in [0.1, 0.15) is 5.15 Å². The van der Waals surface area contributed by atoms with E-state index >= 15 is 0 Å². The maximum Gasteiger partial charge on any atom is 0.311 e. The van der Waals surface area contributed by atoms with Gasteiger partial charge in [0, 0.05) is 10.7 Å². The largest absolute Gasteiger partial charge is 0.481 e. The van der Waals surface area contributed by atoms with Crippen LogP contribution in [0.2, 0.25) is 5.15 Å². The number of carboxylic acids is 1. The van der Waals surface area contributed by atoms with Crippen molar-refractivity contribution in [1.82, 2.24) is 4.98 Å². The number of halogens is 2. The molecular formula is C14H11BrClNO2. The summed E-state index contributed by atoms with van der Waals surface area (Å²) in [6.07, 6.45) is 1.97. The third-order valence-electron chi connectivity index (χ3n) is 2.80. The molecule has 1 aromatic carbocycles. The van der Waals surface area contributed by atoms with Crippen molar-refractivity contribution in [2.45, 2.75) is 12.3 Å². The molecule has 1 N–H and O–H groups in total. The molecule has 1 aromatic heterocycles. The molecule has 0 fully saturated rings. The number of hydrogen-bond acceptors (Lipinski definition) is 2. The number of aromatic nitrogens is 1. The van der Waals surface area contributed by atoms with Gasteiger partial charge in [-0.2, -0.15) is 0 Å². The van der Waals surface area contributed by atoms with E-state index in [1.54, 1.807) is 18.3 Å². The van der Waals surface area contributed by atoms with Crippen LogP contribution in [0.25, 0.3) is 0 Å². The van der Waals surface area contributed by atoms with Gasteiger partial charge in [-0.1, -0.05) is 39.7 Å². The van der Waals surface area contributed by atoms with Crippen molar-refractivity contribution in [2.75, 3.05) is 0 Å². The lowest BCUT2D eigenvalue weighted by Gasteiger charge is -2.13. The van der Waals surface area contributed by atoms with Crippen molar-refractivity contribution in [3.63, 3.8) is 0 Å². The smallest absolute Gasteiger partial charge is 0.311 e. The fraction of sp³-hybridized carbons (Fsp3) is 0.143. The molecule has 3 nitrogen and oxygen atoms in total. The van der Waals surface area contributed by atoms with Gasteiger partial charge in [-0.05, 0) is 41.8 Å². The molecule has 0 radical (unpaired) electrons. The Morgan fingerprint density at radius 2 is 2.00 bits per heavy atom. The van der Waals surface area contributed by atoms with Crippen LogP contribution < -0.4 is 0 Å². The fourth-order valence-electron chi connectivity index (χ4n) is 1.85. The van der Waals surface area contributed by atoms with Crippen molar-refractivity contribution >= 4 is 33.5 Å². The van der Waals surface area contributed by atoms with E-state index in [0.717, 1.165) is 15.6 Å². The number of nitrogens with zero attached hydrogens (tertiary/aromatic N) is 1. The summed E-state index contributed by atoms with van der Waals surface area (Å²) < 4.78 is 0.923. The normalized spacial score (nSPS) is 12.1. The average Bonchev–Trinajstić information content (AvgIpc) is 2.37. The Hall–Kier alpha value is -1.39. The highest BCUT2D eigenvalue weighted by Gasteiger charge is 2.20. The highest BCUT2D eigenvalue weighted by Crippen LogP contribution is 2.23. The van der Waals surface area contributed by atoms with Gasteiger partial charge in [-0.3, -0.25) is 4.79 Å². The minimum absolute atomic E-state index is 0.373. The Morgan fingerprint density at radius 1 is 1.32 bits per heavy atom. The minimum Gasteiger partial charge on any atom is -0.481 e. The van der Waals surface area contributed by atoms with Crippen molar-refractivity contribution in [2.24, 2.45) is 0 Å². The number of carbonyl (C=O) groups is 1. The molecule has 0 spiro atoms. The maximum atomic E-state index is 11.4. The van der Waals surface area contributed by atoms with Gasteiger partial charge in [0.15, 0.2) is 0 Å². The molecule has 0 bridgehead atoms. The third-order valence-corrected chi connectivity index (χ3v) is 3.54. The van der Waals surface area contributed by atoms with Crippen LogP contribution in [0.3, 0.4) is 0 Å². The minimum atomic E-state index is -0.852. The lowest BCUT2D eigenvalue weighted by Crippen LogP contribution is -2.14. The second kappa shape index (κ2) is 6.17. The first-order chi connectivity index (χ1) is 9.06. The lowest BCUT2D eigenvalue weighted by molar-refractivity contribution is -0.138. The Bertz CT molecular complexity index is 586. The van der Waals surface area contributed by atoms with Crippen LogP contribution in [0.5, 0.6) is 0 Å². The van der Waals surface area contributed by atoms with Gasteiger partial charge in [-0.25, -0.2) is 4.98 Å². The molecule has 0 amide bonds. The van der Waals surface area contributed by atoms with Crippen LogP contribution in [0.15, 0.2) is 47.1 Å². The number of benzene rings is 1. The van der Waals surface area contributed by atoms with Gasteiger partial charge in [-0.15, -0.1) is 0 Å². The zero-order valence-electron chi connectivity index (χ0n) is 9.88. The fourth-order valence-corrected chi connectivity index (χ4v) is 2.31. The van der Waals surface area contributed by atoms with Gasteiger partial charge < -0.3 is 5.11 Å². The molecular weight excluding hydrogens is 330 g/mol. The summed E-state index contributed by atoms with van der Waals surface area (Å²) in [5.41, 5.74) is 1.62. The predicted octanol–water partition coefficient (Wildman–Crippen LogP) is 3.91. The van der Waals surface area contributed by atoms with Crippen molar-refractivity contribution in [3.8, 4) is 0 Å². The monoisotopic (exact) mass is 339 g/mol. The first kappa shape index (κ1) is 14.0. The molecule has 0 aliphatic rings. The van der Waals surface area contributed by atoms with Gasteiger partial charge in [0.2, 0.25) is 0 Å². The summed E-state index contributed by atoms with van der Waals surface area (Å²) in [5.74, 6) is -1.44. The molecule has 98 valence electrons. The number of hydrogen-bond donors (Lipinski definition) is 1. The average molecular weight is 341 g/mol. The van der Waals surface area contributed by atoms with E-state index in [0.29, 0.717) is 11.6 Å². The topological polar surface area (TPSA) is 50.2 Å². The molecule has 2 rings (SSSR count). The van der Waals surface area contributed by atoms with Crippen LogP contribution in [0.1, 0.15) is 17.0 Å². The van der Waals surface area contributed by atoms with Crippen LogP contribution >= 0.6 is 27.5 Å². The van der Waals surface area contributed by atoms with Crippen molar-refractivity contribution < 1.29 is 9.90 Å². The van der Waals surface area contributed by atoms with Crippen LogP contribution in [0, 0.1) is 0 Å². The molecule has 5 heteroatoms. The quantitative estimate of drug-likeness (QED) is 0.859. The Morgan fingerprint density at radius 3 is 2.58 bits per heavy atom. The van der Waals surface area contributed by atoms with E-state index in [2.05, 4.69) is 20.9 Å². The molecule has 0 saturated carbocycles. The number of pyridine rings is 1. The summed E-state index contributed by atoms with van der Waals surface area (Å²) in [6.45, 7) is 0. The standard InChI is InChI=1S/C14H11BrClNO2/c15-11-3-1-10(2-4-11)12(14(18)19)7-9-5-6-17-13(16)8-9/h1-6,8,12H,7H2,(H,18,19). The molecule has 1 unspecified atom stereocenters. The van der Waals surface area contributed by atoms with E-state index in [-0.39, 0.29) is 0 Å². The lowest BCUT2D eigenvalue weighted by atomic mass is 9.92. The Kier molecular flexibility index (Phi) is 4.56. The summed E-state index contributed by atoms with van der Waals surface area (Å²) in [4.78, 5) is 15.3. The van der Waals surface area contributed by atoms with Gasteiger partial charge in [0.25, 0.3) is 0 Å². The Balaban J connectivity index is 2.26. The van der Waals surface area contributed by atoms with Crippen LogP contribution in [0.4, 0.5) is 0 Å². The summed E-state index contributed by atoms with van der Waals surface area (Å²) in [5, 5.41) is 9.74. The highest BCUT2D eigenvalue weighted by molar-refractivity contribution is 9.10. The number of aliphatic carboxylic acids is 1. The van der Waals surface area contributed by atoms with E-state index < -0.39 is 11.9 Å². The summed E-state index contributed by atoms with van der Waals surface area (Å²) >= 11 is 9.14. The molecule has 1 heterocycles.